The molecule has 5 heteroatoms. The summed E-state index contributed by atoms with van der Waals surface area (Å²) in [6, 6.07) is 7.19. The second-order valence-electron chi connectivity index (χ2n) is 6.88. The van der Waals surface area contributed by atoms with Crippen molar-refractivity contribution < 1.29 is 14.6 Å². The molecule has 1 spiro atoms. The highest BCUT2D eigenvalue weighted by Gasteiger charge is 2.40. The summed E-state index contributed by atoms with van der Waals surface area (Å²) in [5, 5.41) is 12.4. The van der Waals surface area contributed by atoms with Gasteiger partial charge in [-0.05, 0) is 43.9 Å². The number of carbonyl (C=O) groups excluding carboxylic acids is 1. The quantitative estimate of drug-likeness (QED) is 0.901. The molecule has 1 heterocycles. The van der Waals surface area contributed by atoms with E-state index in [0.29, 0.717) is 19.7 Å². The number of carbonyl (C=O) groups is 1. The van der Waals surface area contributed by atoms with Crippen molar-refractivity contribution in [1.82, 2.24) is 10.2 Å². The second-order valence-corrected chi connectivity index (χ2v) is 6.88. The molecule has 2 fully saturated rings. The number of nitrogens with one attached hydrogen (secondary N) is 1. The van der Waals surface area contributed by atoms with Gasteiger partial charge in [0, 0.05) is 12.6 Å². The van der Waals surface area contributed by atoms with Gasteiger partial charge in [-0.25, -0.2) is 4.79 Å². The zero-order valence-corrected chi connectivity index (χ0v) is 13.8. The average molecular weight is 318 g/mol. The molecule has 2 N–H and O–H groups in total. The van der Waals surface area contributed by atoms with E-state index in [2.05, 4.69) is 5.32 Å². The molecule has 0 bridgehead atoms. The minimum atomic E-state index is -0.0875. The summed E-state index contributed by atoms with van der Waals surface area (Å²) in [5.41, 5.74) is 1.01. The van der Waals surface area contributed by atoms with Gasteiger partial charge in [-0.1, -0.05) is 25.0 Å². The molecule has 0 aromatic heterocycles. The fourth-order valence-corrected chi connectivity index (χ4v) is 3.68. The van der Waals surface area contributed by atoms with Crippen LogP contribution in [0.5, 0.6) is 5.75 Å². The molecule has 0 unspecified atom stereocenters. The molecule has 1 saturated carbocycles. The molecular weight excluding hydrogens is 292 g/mol. The van der Waals surface area contributed by atoms with Crippen LogP contribution in [0.2, 0.25) is 0 Å². The lowest BCUT2D eigenvalue weighted by Gasteiger charge is -2.40. The smallest absolute Gasteiger partial charge is 0.317 e. The standard InChI is InChI=1S/C18H26N2O3/c1-14(12-15-4-6-16(21)7-5-15)19-17(22)20-10-11-23-18(13-20)8-2-3-9-18/h4-7,14,21H,2-3,8-13H2,1H3,(H,19,22)/t14-/m0/s1. The van der Waals surface area contributed by atoms with E-state index in [1.165, 1.54) is 12.8 Å². The first-order valence-corrected chi connectivity index (χ1v) is 8.54. The summed E-state index contributed by atoms with van der Waals surface area (Å²) >= 11 is 0. The lowest BCUT2D eigenvalue weighted by atomic mass is 10.00. The number of hydrogen-bond donors (Lipinski definition) is 2. The van der Waals surface area contributed by atoms with E-state index in [0.717, 1.165) is 24.8 Å². The van der Waals surface area contributed by atoms with Gasteiger partial charge in [0.05, 0.1) is 18.8 Å². The van der Waals surface area contributed by atoms with Crippen molar-refractivity contribution in [1.29, 1.82) is 0 Å². The van der Waals surface area contributed by atoms with Crippen LogP contribution in [0.15, 0.2) is 24.3 Å². The predicted octanol–water partition coefficient (Wildman–Crippen LogP) is 2.68. The number of urea groups is 1. The number of morpholine rings is 1. The molecule has 126 valence electrons. The van der Waals surface area contributed by atoms with Crippen molar-refractivity contribution in [3.63, 3.8) is 0 Å². The van der Waals surface area contributed by atoms with Crippen molar-refractivity contribution in [2.45, 2.75) is 50.7 Å². The molecule has 5 nitrogen and oxygen atoms in total. The number of rotatable bonds is 3. The van der Waals surface area contributed by atoms with Crippen LogP contribution in [0.25, 0.3) is 0 Å². The number of ether oxygens (including phenoxy) is 1. The van der Waals surface area contributed by atoms with E-state index < -0.39 is 0 Å². The van der Waals surface area contributed by atoms with Crippen molar-refractivity contribution >= 4 is 6.03 Å². The largest absolute Gasteiger partial charge is 0.508 e. The number of phenols is 1. The average Bonchev–Trinajstić information content (AvgIpc) is 2.97. The van der Waals surface area contributed by atoms with E-state index in [-0.39, 0.29) is 23.4 Å². The minimum Gasteiger partial charge on any atom is -0.508 e. The van der Waals surface area contributed by atoms with Gasteiger partial charge in [0.1, 0.15) is 5.75 Å². The Kier molecular flexibility index (Phi) is 4.76. The normalized spacial score (nSPS) is 21.3. The van der Waals surface area contributed by atoms with Crippen LogP contribution in [0.4, 0.5) is 4.79 Å². The Labute approximate surface area is 137 Å². The highest BCUT2D eigenvalue weighted by Crippen LogP contribution is 2.35. The van der Waals surface area contributed by atoms with Gasteiger partial charge in [0.2, 0.25) is 0 Å². The molecule has 23 heavy (non-hydrogen) atoms. The Morgan fingerprint density at radius 3 is 2.74 bits per heavy atom. The number of phenolic OH excluding ortho intramolecular Hbond substituents is 1. The lowest BCUT2D eigenvalue weighted by Crippen LogP contribution is -2.56. The summed E-state index contributed by atoms with van der Waals surface area (Å²) < 4.78 is 5.97. The van der Waals surface area contributed by atoms with E-state index in [1.54, 1.807) is 12.1 Å². The molecule has 1 aromatic rings. The summed E-state index contributed by atoms with van der Waals surface area (Å²) in [6.07, 6.45) is 5.29. The molecular formula is C18H26N2O3. The van der Waals surface area contributed by atoms with Crippen molar-refractivity contribution in [2.75, 3.05) is 19.7 Å². The fraction of sp³-hybridized carbons (Fsp3) is 0.611. The molecule has 1 aliphatic carbocycles. The van der Waals surface area contributed by atoms with E-state index in [1.807, 2.05) is 24.0 Å². The molecule has 2 amide bonds. The molecule has 1 aromatic carbocycles. The SMILES string of the molecule is C[C@@H](Cc1ccc(O)cc1)NC(=O)N1CCOC2(CCCC2)C1. The Hall–Kier alpha value is -1.75. The second kappa shape index (κ2) is 6.79. The fourth-order valence-electron chi connectivity index (χ4n) is 3.68. The predicted molar refractivity (Wildman–Crippen MR) is 88.5 cm³/mol. The number of aromatic hydroxyl groups is 1. The molecule has 1 atom stereocenters. The monoisotopic (exact) mass is 318 g/mol. The van der Waals surface area contributed by atoms with Crippen LogP contribution in [0.3, 0.4) is 0 Å². The summed E-state index contributed by atoms with van der Waals surface area (Å²) in [4.78, 5) is 14.4. The lowest BCUT2D eigenvalue weighted by molar-refractivity contribution is -0.0927. The number of nitrogens with zero attached hydrogens (tertiary/aromatic N) is 1. The maximum atomic E-state index is 12.5. The van der Waals surface area contributed by atoms with Gasteiger partial charge in [-0.2, -0.15) is 0 Å². The third-order valence-corrected chi connectivity index (χ3v) is 4.90. The van der Waals surface area contributed by atoms with E-state index in [9.17, 15) is 9.90 Å². The van der Waals surface area contributed by atoms with Crippen LogP contribution in [0, 0.1) is 0 Å². The Morgan fingerprint density at radius 1 is 1.35 bits per heavy atom. The topological polar surface area (TPSA) is 61.8 Å². The highest BCUT2D eigenvalue weighted by atomic mass is 16.5. The van der Waals surface area contributed by atoms with Gasteiger partial charge in [0.25, 0.3) is 0 Å². The molecule has 3 rings (SSSR count). The Morgan fingerprint density at radius 2 is 2.04 bits per heavy atom. The first-order valence-electron chi connectivity index (χ1n) is 8.54. The van der Waals surface area contributed by atoms with Crippen LogP contribution >= 0.6 is 0 Å². The van der Waals surface area contributed by atoms with Gasteiger partial charge in [-0.15, -0.1) is 0 Å². The molecule has 1 saturated heterocycles. The zero-order chi connectivity index (χ0) is 16.3. The highest BCUT2D eigenvalue weighted by molar-refractivity contribution is 5.74. The van der Waals surface area contributed by atoms with Crippen molar-refractivity contribution in [3.05, 3.63) is 29.8 Å². The Balaban J connectivity index is 1.52. The van der Waals surface area contributed by atoms with E-state index >= 15 is 0 Å². The third kappa shape index (κ3) is 3.96. The van der Waals surface area contributed by atoms with E-state index in [4.69, 9.17) is 4.74 Å². The minimum absolute atomic E-state index is 0.00542. The number of hydrogen-bond acceptors (Lipinski definition) is 3. The maximum Gasteiger partial charge on any atom is 0.317 e. The maximum absolute atomic E-state index is 12.5. The number of amides is 2. The van der Waals surface area contributed by atoms with Gasteiger partial charge in [0.15, 0.2) is 0 Å². The van der Waals surface area contributed by atoms with Gasteiger partial charge >= 0.3 is 6.03 Å². The Bertz CT molecular complexity index is 538. The summed E-state index contributed by atoms with van der Waals surface area (Å²) in [5.74, 6) is 0.264. The zero-order valence-electron chi connectivity index (χ0n) is 13.8. The van der Waals surface area contributed by atoms with Crippen molar-refractivity contribution in [3.8, 4) is 5.75 Å². The van der Waals surface area contributed by atoms with Crippen LogP contribution < -0.4 is 5.32 Å². The van der Waals surface area contributed by atoms with Crippen LogP contribution in [-0.2, 0) is 11.2 Å². The van der Waals surface area contributed by atoms with Crippen LogP contribution in [-0.4, -0.2) is 47.4 Å². The summed E-state index contributed by atoms with van der Waals surface area (Å²) in [6.45, 7) is 4.03. The first kappa shape index (κ1) is 16.1. The third-order valence-electron chi connectivity index (χ3n) is 4.90. The van der Waals surface area contributed by atoms with Crippen molar-refractivity contribution in [2.24, 2.45) is 0 Å². The first-order chi connectivity index (χ1) is 11.1. The van der Waals surface area contributed by atoms with Crippen LogP contribution in [0.1, 0.15) is 38.2 Å². The summed E-state index contributed by atoms with van der Waals surface area (Å²) in [7, 11) is 0. The van der Waals surface area contributed by atoms with Gasteiger partial charge in [-0.3, -0.25) is 0 Å². The molecule has 2 aliphatic rings. The molecule has 1 aliphatic heterocycles. The molecule has 0 radical (unpaired) electrons. The number of benzene rings is 1. The van der Waals surface area contributed by atoms with Gasteiger partial charge < -0.3 is 20.1 Å².